The Balaban J connectivity index is 1.64. The van der Waals surface area contributed by atoms with E-state index in [-0.39, 0.29) is 18.0 Å². The van der Waals surface area contributed by atoms with Gasteiger partial charge in [-0.3, -0.25) is 4.79 Å². The van der Waals surface area contributed by atoms with Gasteiger partial charge in [0.2, 0.25) is 5.91 Å². The van der Waals surface area contributed by atoms with E-state index in [1.807, 2.05) is 0 Å². The molecule has 2 atom stereocenters. The molecule has 0 spiro atoms. The summed E-state index contributed by atoms with van der Waals surface area (Å²) in [7, 11) is 3.12. The summed E-state index contributed by atoms with van der Waals surface area (Å²) in [5.41, 5.74) is 0.647. The molecule has 2 saturated heterocycles. The fourth-order valence-electron chi connectivity index (χ4n) is 3.41. The third kappa shape index (κ3) is 3.39. The van der Waals surface area contributed by atoms with E-state index in [0.717, 1.165) is 12.8 Å². The summed E-state index contributed by atoms with van der Waals surface area (Å²) in [5, 5.41) is 5.91. The zero-order valence-corrected chi connectivity index (χ0v) is 14.0. The van der Waals surface area contributed by atoms with Crippen LogP contribution < -0.4 is 20.1 Å². The van der Waals surface area contributed by atoms with E-state index in [1.54, 1.807) is 37.3 Å². The number of hydrogen-bond donors (Lipinski definition) is 2. The first-order valence-electron chi connectivity index (χ1n) is 8.18. The predicted octanol–water partition coefficient (Wildman–Crippen LogP) is 1.84. The Morgan fingerprint density at radius 3 is 2.79 bits per heavy atom. The number of methoxy groups -OCH3 is 2. The maximum Gasteiger partial charge on any atom is 0.321 e. The monoisotopic (exact) mass is 333 g/mol. The van der Waals surface area contributed by atoms with E-state index in [4.69, 9.17) is 9.47 Å². The molecule has 2 aliphatic rings. The number of benzene rings is 1. The third-order valence-electron chi connectivity index (χ3n) is 4.69. The highest BCUT2D eigenvalue weighted by Crippen LogP contribution is 2.30. The maximum absolute atomic E-state index is 12.5. The van der Waals surface area contributed by atoms with Gasteiger partial charge in [-0.15, -0.1) is 0 Å². The van der Waals surface area contributed by atoms with Crippen LogP contribution in [0.3, 0.4) is 0 Å². The Bertz CT molecular complexity index is 634. The number of nitrogens with one attached hydrogen (secondary N) is 2. The van der Waals surface area contributed by atoms with Crippen LogP contribution in [-0.4, -0.2) is 50.2 Å². The Labute approximate surface area is 141 Å². The quantitative estimate of drug-likeness (QED) is 0.884. The number of hydrogen-bond acceptors (Lipinski definition) is 4. The molecule has 0 aromatic heterocycles. The Hall–Kier alpha value is -2.44. The minimum Gasteiger partial charge on any atom is -0.493 e. The van der Waals surface area contributed by atoms with Gasteiger partial charge in [0.1, 0.15) is 0 Å². The number of rotatable bonds is 3. The third-order valence-corrected chi connectivity index (χ3v) is 4.69. The van der Waals surface area contributed by atoms with Crippen LogP contribution in [0.5, 0.6) is 11.5 Å². The molecule has 2 heterocycles. The normalized spacial score (nSPS) is 23.1. The van der Waals surface area contributed by atoms with E-state index in [9.17, 15) is 9.59 Å². The number of carbonyl (C=O) groups excluding carboxylic acids is 2. The molecule has 0 aliphatic carbocycles. The van der Waals surface area contributed by atoms with Crippen molar-refractivity contribution in [3.63, 3.8) is 0 Å². The highest BCUT2D eigenvalue weighted by atomic mass is 16.5. The number of urea groups is 1. The molecule has 0 bridgehead atoms. The summed E-state index contributed by atoms with van der Waals surface area (Å²) in [4.78, 5) is 25.9. The van der Waals surface area contributed by atoms with E-state index in [0.29, 0.717) is 42.6 Å². The highest BCUT2D eigenvalue weighted by molar-refractivity contribution is 5.90. The molecule has 7 heteroatoms. The SMILES string of the molecule is COc1ccc(NC(=O)N2C[C@H]3CCCC(=O)N[C@H]3C2)cc1OC. The minimum absolute atomic E-state index is 0.0659. The molecule has 3 amide bonds. The van der Waals surface area contributed by atoms with Gasteiger partial charge in [0.25, 0.3) is 0 Å². The number of carbonyl (C=O) groups is 2. The minimum atomic E-state index is -0.162. The predicted molar refractivity (Wildman–Crippen MR) is 89.4 cm³/mol. The van der Waals surface area contributed by atoms with E-state index in [1.165, 1.54) is 0 Å². The fourth-order valence-corrected chi connectivity index (χ4v) is 3.41. The Morgan fingerprint density at radius 2 is 2.04 bits per heavy atom. The van der Waals surface area contributed by atoms with Crippen molar-refractivity contribution in [1.29, 1.82) is 0 Å². The van der Waals surface area contributed by atoms with Crippen LogP contribution in [0, 0.1) is 5.92 Å². The molecule has 2 aliphatic heterocycles. The van der Waals surface area contributed by atoms with E-state index in [2.05, 4.69) is 10.6 Å². The molecule has 2 fully saturated rings. The van der Waals surface area contributed by atoms with E-state index >= 15 is 0 Å². The lowest BCUT2D eigenvalue weighted by Crippen LogP contribution is -2.40. The van der Waals surface area contributed by atoms with Gasteiger partial charge in [0.05, 0.1) is 20.3 Å². The van der Waals surface area contributed by atoms with Crippen LogP contribution >= 0.6 is 0 Å². The molecule has 7 nitrogen and oxygen atoms in total. The van der Waals surface area contributed by atoms with Crippen molar-refractivity contribution in [3.05, 3.63) is 18.2 Å². The Morgan fingerprint density at radius 1 is 1.25 bits per heavy atom. The molecule has 130 valence electrons. The standard InChI is InChI=1S/C17H23N3O4/c1-23-14-7-6-12(8-15(14)24-2)18-17(22)20-9-11-4-3-5-16(21)19-13(11)10-20/h6-8,11,13H,3-5,9-10H2,1-2H3,(H,18,22)(H,19,21)/t11-,13+/m1/s1. The molecule has 2 N–H and O–H groups in total. The zero-order chi connectivity index (χ0) is 17.1. The molecule has 3 rings (SSSR count). The molecule has 1 aromatic carbocycles. The van der Waals surface area contributed by atoms with Crippen molar-refractivity contribution in [2.24, 2.45) is 5.92 Å². The van der Waals surface area contributed by atoms with Gasteiger partial charge in [0.15, 0.2) is 11.5 Å². The van der Waals surface area contributed by atoms with Gasteiger partial charge >= 0.3 is 6.03 Å². The molecular formula is C17H23N3O4. The van der Waals surface area contributed by atoms with Gasteiger partial charge in [-0.2, -0.15) is 0 Å². The molecule has 1 aromatic rings. The molecule has 0 radical (unpaired) electrons. The van der Waals surface area contributed by atoms with Gasteiger partial charge < -0.3 is 25.0 Å². The average molecular weight is 333 g/mol. The summed E-state index contributed by atoms with van der Waals surface area (Å²) in [5.74, 6) is 1.60. The Kier molecular flexibility index (Phi) is 4.78. The molecule has 0 saturated carbocycles. The van der Waals surface area contributed by atoms with Crippen molar-refractivity contribution in [2.45, 2.75) is 25.3 Å². The lowest BCUT2D eigenvalue weighted by atomic mass is 9.99. The second-order valence-electron chi connectivity index (χ2n) is 6.23. The van der Waals surface area contributed by atoms with Crippen molar-refractivity contribution >= 4 is 17.6 Å². The first-order chi connectivity index (χ1) is 11.6. The summed E-state index contributed by atoms with van der Waals surface area (Å²) in [6, 6.07) is 5.16. The smallest absolute Gasteiger partial charge is 0.321 e. The summed E-state index contributed by atoms with van der Waals surface area (Å²) in [6.45, 7) is 1.22. The van der Waals surface area contributed by atoms with Gasteiger partial charge in [0, 0.05) is 31.3 Å². The topological polar surface area (TPSA) is 79.9 Å². The summed E-state index contributed by atoms with van der Waals surface area (Å²) >= 11 is 0. The van der Waals surface area contributed by atoms with Crippen LogP contribution in [0.25, 0.3) is 0 Å². The maximum atomic E-state index is 12.5. The van der Waals surface area contributed by atoms with Gasteiger partial charge in [-0.25, -0.2) is 4.79 Å². The number of anilines is 1. The number of amides is 3. The molecular weight excluding hydrogens is 310 g/mol. The molecule has 24 heavy (non-hydrogen) atoms. The lowest BCUT2D eigenvalue weighted by molar-refractivity contribution is -0.121. The van der Waals surface area contributed by atoms with Crippen LogP contribution in [-0.2, 0) is 4.79 Å². The summed E-state index contributed by atoms with van der Waals surface area (Å²) < 4.78 is 10.4. The van der Waals surface area contributed by atoms with Crippen LogP contribution in [0.2, 0.25) is 0 Å². The van der Waals surface area contributed by atoms with Crippen molar-refractivity contribution < 1.29 is 19.1 Å². The second kappa shape index (κ2) is 6.98. The van der Waals surface area contributed by atoms with Gasteiger partial charge in [-0.1, -0.05) is 0 Å². The number of fused-ring (bicyclic) bond motifs is 1. The molecule has 0 unspecified atom stereocenters. The average Bonchev–Trinajstić information content (AvgIpc) is 2.89. The van der Waals surface area contributed by atoms with Gasteiger partial charge in [-0.05, 0) is 30.9 Å². The van der Waals surface area contributed by atoms with Crippen LogP contribution in [0.4, 0.5) is 10.5 Å². The largest absolute Gasteiger partial charge is 0.493 e. The van der Waals surface area contributed by atoms with Crippen LogP contribution in [0.15, 0.2) is 18.2 Å². The van der Waals surface area contributed by atoms with Crippen molar-refractivity contribution in [2.75, 3.05) is 32.6 Å². The summed E-state index contributed by atoms with van der Waals surface area (Å²) in [6.07, 6.45) is 2.45. The first kappa shape index (κ1) is 16.4. The van der Waals surface area contributed by atoms with Crippen LogP contribution in [0.1, 0.15) is 19.3 Å². The second-order valence-corrected chi connectivity index (χ2v) is 6.23. The number of nitrogens with zero attached hydrogens (tertiary/aromatic N) is 1. The fraction of sp³-hybridized carbons (Fsp3) is 0.529. The lowest BCUT2D eigenvalue weighted by Gasteiger charge is -2.18. The van der Waals surface area contributed by atoms with Crippen molar-refractivity contribution in [1.82, 2.24) is 10.2 Å². The zero-order valence-electron chi connectivity index (χ0n) is 14.0. The highest BCUT2D eigenvalue weighted by Gasteiger charge is 2.37. The van der Waals surface area contributed by atoms with E-state index < -0.39 is 0 Å². The number of ether oxygens (including phenoxy) is 2. The number of likely N-dealkylation sites (tertiary alicyclic amines) is 1. The van der Waals surface area contributed by atoms with Crippen molar-refractivity contribution in [3.8, 4) is 11.5 Å². The first-order valence-corrected chi connectivity index (χ1v) is 8.18.